The van der Waals surface area contributed by atoms with Crippen LogP contribution in [0.15, 0.2) is 139 Å². The zero-order valence-electron chi connectivity index (χ0n) is 29.6. The minimum Gasteiger partial charge on any atom is -0.297 e. The second kappa shape index (κ2) is 8.93. The highest BCUT2D eigenvalue weighted by Crippen LogP contribution is 2.45. The first kappa shape index (κ1) is 16.0. The molecule has 0 amide bonds. The monoisotopic (exact) mass is 518 g/mol. The van der Waals surface area contributed by atoms with Gasteiger partial charge in [0.25, 0.3) is 0 Å². The second-order valence-corrected chi connectivity index (χ2v) is 9.81. The average Bonchev–Trinajstić information content (AvgIpc) is 3.45. The molecule has 0 aliphatic carbocycles. The van der Waals surface area contributed by atoms with Crippen LogP contribution in [0.3, 0.4) is 0 Å². The third-order valence-corrected chi connectivity index (χ3v) is 7.58. The molecule has 0 aliphatic rings. The van der Waals surface area contributed by atoms with Gasteiger partial charge < -0.3 is 0 Å². The van der Waals surface area contributed by atoms with Gasteiger partial charge in [0.1, 0.15) is 5.82 Å². The van der Waals surface area contributed by atoms with Gasteiger partial charge in [-0.2, -0.15) is 0 Å². The van der Waals surface area contributed by atoms with E-state index in [0.29, 0.717) is 22.3 Å². The molecule has 8 rings (SSSR count). The van der Waals surface area contributed by atoms with Crippen molar-refractivity contribution in [1.82, 2.24) is 9.55 Å². The fourth-order valence-electron chi connectivity index (χ4n) is 5.88. The van der Waals surface area contributed by atoms with Crippen molar-refractivity contribution in [2.75, 3.05) is 0 Å². The Labute approximate surface area is 244 Å². The topological polar surface area (TPSA) is 17.8 Å². The standard InChI is InChI=1S/C38H26N2/c1-25-39-35-19-8-9-20-36(35)40(25)28-23-21-27(22-24-28)37-31-14-4-6-16-33(31)38(34-17-7-5-15-32(34)37)30-18-10-12-26-11-2-3-13-29(26)30/h2-24H,1H3/i4D,5D,6D,7D,14D,15D,16D,17D. The summed E-state index contributed by atoms with van der Waals surface area (Å²) >= 11 is 0. The Kier molecular flexibility index (Phi) is 3.58. The molecular weight excluding hydrogens is 484 g/mol. The van der Waals surface area contributed by atoms with Gasteiger partial charge in [-0.1, -0.05) is 115 Å². The van der Waals surface area contributed by atoms with Gasteiger partial charge in [0.05, 0.1) is 22.0 Å². The summed E-state index contributed by atoms with van der Waals surface area (Å²) in [6.45, 7) is 1.92. The Balaban J connectivity index is 1.57. The molecule has 0 N–H and O–H groups in total. The molecule has 2 heteroatoms. The normalized spacial score (nSPS) is 14.4. The van der Waals surface area contributed by atoms with E-state index in [-0.39, 0.29) is 45.7 Å². The van der Waals surface area contributed by atoms with E-state index in [2.05, 4.69) is 4.98 Å². The molecule has 0 spiro atoms. The van der Waals surface area contributed by atoms with Crippen LogP contribution in [0.1, 0.15) is 16.8 Å². The van der Waals surface area contributed by atoms with E-state index in [1.165, 1.54) is 0 Å². The number of benzene rings is 7. The lowest BCUT2D eigenvalue weighted by molar-refractivity contribution is 1.00. The van der Waals surface area contributed by atoms with E-state index in [4.69, 9.17) is 5.48 Å². The minimum atomic E-state index is -0.421. The summed E-state index contributed by atoms with van der Waals surface area (Å²) in [4.78, 5) is 4.68. The maximum atomic E-state index is 9.21. The molecule has 188 valence electrons. The number of imidazole rings is 1. The van der Waals surface area contributed by atoms with Gasteiger partial charge in [0.2, 0.25) is 0 Å². The predicted octanol–water partition coefficient (Wildman–Crippen LogP) is 10.1. The van der Waals surface area contributed by atoms with Crippen molar-refractivity contribution in [3.05, 3.63) is 145 Å². The van der Waals surface area contributed by atoms with Crippen molar-refractivity contribution in [1.29, 1.82) is 0 Å². The smallest absolute Gasteiger partial charge is 0.111 e. The Morgan fingerprint density at radius 3 is 1.90 bits per heavy atom. The zero-order valence-corrected chi connectivity index (χ0v) is 21.6. The van der Waals surface area contributed by atoms with E-state index in [1.54, 1.807) is 0 Å². The minimum absolute atomic E-state index is 0.193. The summed E-state index contributed by atoms with van der Waals surface area (Å²) in [5, 5.41) is 2.47. The molecule has 2 nitrogen and oxygen atoms in total. The molecule has 0 fully saturated rings. The van der Waals surface area contributed by atoms with Gasteiger partial charge in [-0.3, -0.25) is 4.57 Å². The predicted molar refractivity (Wildman–Crippen MR) is 169 cm³/mol. The summed E-state index contributed by atoms with van der Waals surface area (Å²) in [6.07, 6.45) is 0. The first-order valence-electron chi connectivity index (χ1n) is 17.1. The molecule has 0 atom stereocenters. The van der Waals surface area contributed by atoms with E-state index in [0.717, 1.165) is 33.3 Å². The number of hydrogen-bond donors (Lipinski definition) is 0. The first-order chi connectivity index (χ1) is 23.1. The first-order valence-corrected chi connectivity index (χ1v) is 13.1. The number of rotatable bonds is 3. The Morgan fingerprint density at radius 2 is 1.18 bits per heavy atom. The van der Waals surface area contributed by atoms with E-state index in [1.807, 2.05) is 102 Å². The Bertz CT molecular complexity index is 2580. The molecule has 1 aromatic heterocycles. The summed E-state index contributed by atoms with van der Waals surface area (Å²) in [6, 6.07) is 25.7. The zero-order chi connectivity index (χ0) is 33.6. The van der Waals surface area contributed by atoms with Gasteiger partial charge in [0, 0.05) is 5.69 Å². The van der Waals surface area contributed by atoms with Crippen molar-refractivity contribution in [3.63, 3.8) is 0 Å². The summed E-state index contributed by atoms with van der Waals surface area (Å²) in [7, 11) is 0. The van der Waals surface area contributed by atoms with Crippen LogP contribution in [-0.2, 0) is 0 Å². The average molecular weight is 519 g/mol. The van der Waals surface area contributed by atoms with Crippen molar-refractivity contribution < 1.29 is 11.0 Å². The van der Waals surface area contributed by atoms with E-state index < -0.39 is 24.2 Å². The van der Waals surface area contributed by atoms with Crippen molar-refractivity contribution >= 4 is 43.4 Å². The number of aromatic nitrogens is 2. The molecule has 40 heavy (non-hydrogen) atoms. The molecule has 0 unspecified atom stereocenters. The molecule has 0 aliphatic heterocycles. The highest BCUT2D eigenvalue weighted by Gasteiger charge is 2.18. The van der Waals surface area contributed by atoms with Crippen LogP contribution >= 0.6 is 0 Å². The van der Waals surface area contributed by atoms with Crippen molar-refractivity contribution in [2.45, 2.75) is 6.92 Å². The molecule has 0 saturated carbocycles. The lowest BCUT2D eigenvalue weighted by atomic mass is 9.85. The van der Waals surface area contributed by atoms with Crippen molar-refractivity contribution in [2.24, 2.45) is 0 Å². The fourth-order valence-corrected chi connectivity index (χ4v) is 5.88. The maximum Gasteiger partial charge on any atom is 0.111 e. The number of hydrogen-bond acceptors (Lipinski definition) is 1. The molecule has 0 radical (unpaired) electrons. The van der Waals surface area contributed by atoms with Crippen LogP contribution in [0, 0.1) is 6.92 Å². The van der Waals surface area contributed by atoms with Gasteiger partial charge in [-0.05, 0) is 85.8 Å². The molecule has 7 aromatic carbocycles. The quantitative estimate of drug-likeness (QED) is 0.213. The number of fused-ring (bicyclic) bond motifs is 4. The fraction of sp³-hybridized carbons (Fsp3) is 0.0263. The van der Waals surface area contributed by atoms with Gasteiger partial charge in [-0.15, -0.1) is 0 Å². The number of para-hydroxylation sites is 2. The number of aryl methyl sites for hydroxylation is 1. The molecule has 0 bridgehead atoms. The summed E-state index contributed by atoms with van der Waals surface area (Å²) in [5.41, 5.74) is 4.44. The van der Waals surface area contributed by atoms with Crippen LogP contribution in [0.25, 0.3) is 71.3 Å². The Hall–Kier alpha value is -5.21. The Morgan fingerprint density at radius 1 is 0.575 bits per heavy atom. The lowest BCUT2D eigenvalue weighted by Gasteiger charge is -2.19. The number of nitrogens with zero attached hydrogens (tertiary/aromatic N) is 2. The van der Waals surface area contributed by atoms with Crippen LogP contribution in [0.5, 0.6) is 0 Å². The van der Waals surface area contributed by atoms with Crippen LogP contribution in [0.2, 0.25) is 0 Å². The van der Waals surface area contributed by atoms with Crippen molar-refractivity contribution in [3.8, 4) is 27.9 Å². The lowest BCUT2D eigenvalue weighted by Crippen LogP contribution is -1.97. The maximum absolute atomic E-state index is 9.21. The molecule has 0 saturated heterocycles. The van der Waals surface area contributed by atoms with Gasteiger partial charge >= 0.3 is 0 Å². The van der Waals surface area contributed by atoms with E-state index >= 15 is 0 Å². The largest absolute Gasteiger partial charge is 0.297 e. The third-order valence-electron chi connectivity index (χ3n) is 7.58. The van der Waals surface area contributed by atoms with Crippen LogP contribution < -0.4 is 0 Å². The summed E-state index contributed by atoms with van der Waals surface area (Å²) < 4.78 is 73.6. The van der Waals surface area contributed by atoms with Gasteiger partial charge in [-0.25, -0.2) is 4.98 Å². The highest BCUT2D eigenvalue weighted by atomic mass is 15.1. The molecule has 8 aromatic rings. The second-order valence-electron chi connectivity index (χ2n) is 9.81. The van der Waals surface area contributed by atoms with Gasteiger partial charge in [0.15, 0.2) is 0 Å². The molecular formula is C38H26N2. The SMILES string of the molecule is [2H]c1c([2H])c([2H])c2c(-c3cccc4ccccc34)c3c([2H])c([2H])c([2H])c([2H])c3c(-c3ccc(-n4c(C)nc5ccccc54)cc3)c2c1[2H]. The molecule has 1 heterocycles. The highest BCUT2D eigenvalue weighted by molar-refractivity contribution is 6.23. The van der Waals surface area contributed by atoms with Crippen LogP contribution in [0.4, 0.5) is 0 Å². The third kappa shape index (κ3) is 3.40. The van der Waals surface area contributed by atoms with Crippen LogP contribution in [-0.4, -0.2) is 9.55 Å². The van der Waals surface area contributed by atoms with E-state index in [9.17, 15) is 5.48 Å². The summed E-state index contributed by atoms with van der Waals surface area (Å²) in [5.74, 6) is 0.794.